The first-order valence-electron chi connectivity index (χ1n) is 5.17. The summed E-state index contributed by atoms with van der Waals surface area (Å²) in [7, 11) is 0. The van der Waals surface area contributed by atoms with Gasteiger partial charge in [0.25, 0.3) is 0 Å². The largest absolute Gasteiger partial charge is 0.392 e. The Balaban J connectivity index is 2.58. The predicted molar refractivity (Wildman–Crippen MR) is 51.7 cm³/mol. The zero-order valence-electron chi connectivity index (χ0n) is 8.78. The zero-order chi connectivity index (χ0) is 10.6. The predicted octanol–water partition coefficient (Wildman–Crippen LogP) is 0.950. The van der Waals surface area contributed by atoms with Crippen molar-refractivity contribution in [1.29, 1.82) is 0 Å². The third-order valence-corrected chi connectivity index (χ3v) is 2.31. The first-order chi connectivity index (χ1) is 6.69. The van der Waals surface area contributed by atoms with Crippen molar-refractivity contribution in [3.63, 3.8) is 0 Å². The summed E-state index contributed by atoms with van der Waals surface area (Å²) in [6.07, 6.45) is 2.19. The third-order valence-electron chi connectivity index (χ3n) is 2.31. The SMILES string of the molecule is CCCN(CCC)C1CC(=O)OC1=O. The van der Waals surface area contributed by atoms with Gasteiger partial charge in [-0.2, -0.15) is 0 Å². The molecule has 0 amide bonds. The van der Waals surface area contributed by atoms with Crippen molar-refractivity contribution in [1.82, 2.24) is 4.90 Å². The highest BCUT2D eigenvalue weighted by atomic mass is 16.6. The Kier molecular flexibility index (Phi) is 4.07. The van der Waals surface area contributed by atoms with Crippen LogP contribution in [0.15, 0.2) is 0 Å². The quantitative estimate of drug-likeness (QED) is 0.488. The fourth-order valence-corrected chi connectivity index (χ4v) is 1.74. The topological polar surface area (TPSA) is 46.6 Å². The molecule has 1 aliphatic heterocycles. The highest BCUT2D eigenvalue weighted by molar-refractivity contribution is 5.96. The number of rotatable bonds is 5. The van der Waals surface area contributed by atoms with Crippen molar-refractivity contribution in [2.24, 2.45) is 0 Å². The van der Waals surface area contributed by atoms with E-state index in [4.69, 9.17) is 0 Å². The molecule has 0 radical (unpaired) electrons. The van der Waals surface area contributed by atoms with Crippen molar-refractivity contribution < 1.29 is 14.3 Å². The van der Waals surface area contributed by atoms with Crippen molar-refractivity contribution in [2.75, 3.05) is 13.1 Å². The van der Waals surface area contributed by atoms with E-state index in [0.29, 0.717) is 0 Å². The Hall–Kier alpha value is -0.900. The van der Waals surface area contributed by atoms with Crippen LogP contribution in [-0.4, -0.2) is 36.0 Å². The van der Waals surface area contributed by atoms with Gasteiger partial charge in [-0.1, -0.05) is 13.8 Å². The van der Waals surface area contributed by atoms with E-state index in [1.54, 1.807) is 0 Å². The van der Waals surface area contributed by atoms with Crippen LogP contribution in [0.1, 0.15) is 33.1 Å². The lowest BCUT2D eigenvalue weighted by molar-refractivity contribution is -0.153. The molecular formula is C10H17NO3. The molecular weight excluding hydrogens is 182 g/mol. The first-order valence-corrected chi connectivity index (χ1v) is 5.17. The van der Waals surface area contributed by atoms with Crippen molar-refractivity contribution in [3.8, 4) is 0 Å². The van der Waals surface area contributed by atoms with E-state index in [-0.39, 0.29) is 18.4 Å². The van der Waals surface area contributed by atoms with E-state index >= 15 is 0 Å². The molecule has 0 saturated carbocycles. The Morgan fingerprint density at radius 3 is 2.21 bits per heavy atom. The van der Waals surface area contributed by atoms with E-state index in [9.17, 15) is 9.59 Å². The van der Waals surface area contributed by atoms with Crippen LogP contribution in [0.5, 0.6) is 0 Å². The minimum Gasteiger partial charge on any atom is -0.392 e. The average molecular weight is 199 g/mol. The normalized spacial score (nSPS) is 21.8. The number of carbonyl (C=O) groups excluding carboxylic acids is 2. The lowest BCUT2D eigenvalue weighted by Crippen LogP contribution is -2.39. The highest BCUT2D eigenvalue weighted by Crippen LogP contribution is 2.15. The van der Waals surface area contributed by atoms with Crippen LogP contribution >= 0.6 is 0 Å². The fourth-order valence-electron chi connectivity index (χ4n) is 1.74. The Morgan fingerprint density at radius 1 is 1.29 bits per heavy atom. The van der Waals surface area contributed by atoms with Gasteiger partial charge in [-0.15, -0.1) is 0 Å². The molecule has 4 nitrogen and oxygen atoms in total. The van der Waals surface area contributed by atoms with Gasteiger partial charge in [0.1, 0.15) is 6.04 Å². The maximum absolute atomic E-state index is 11.3. The lowest BCUT2D eigenvalue weighted by atomic mass is 10.2. The molecule has 80 valence electrons. The minimum atomic E-state index is -0.391. The Labute approximate surface area is 84.2 Å². The van der Waals surface area contributed by atoms with Crippen LogP contribution in [0, 0.1) is 0 Å². The van der Waals surface area contributed by atoms with Gasteiger partial charge >= 0.3 is 11.9 Å². The maximum atomic E-state index is 11.3. The number of nitrogens with zero attached hydrogens (tertiary/aromatic N) is 1. The van der Waals surface area contributed by atoms with Crippen molar-refractivity contribution >= 4 is 11.9 Å². The highest BCUT2D eigenvalue weighted by Gasteiger charge is 2.37. The molecule has 0 aliphatic carbocycles. The number of cyclic esters (lactones) is 2. The Bertz CT molecular complexity index is 221. The molecule has 1 rings (SSSR count). The molecule has 0 aromatic heterocycles. The molecule has 0 aromatic rings. The summed E-state index contributed by atoms with van der Waals surface area (Å²) in [5, 5.41) is 0. The standard InChI is InChI=1S/C10H17NO3/c1-3-5-11(6-4-2)8-7-9(12)14-10(8)13/h8H,3-7H2,1-2H3. The summed E-state index contributed by atoms with van der Waals surface area (Å²) >= 11 is 0. The van der Waals surface area contributed by atoms with Crippen molar-refractivity contribution in [3.05, 3.63) is 0 Å². The van der Waals surface area contributed by atoms with Gasteiger partial charge in [0.15, 0.2) is 0 Å². The molecule has 0 N–H and O–H groups in total. The lowest BCUT2D eigenvalue weighted by Gasteiger charge is -2.24. The van der Waals surface area contributed by atoms with Crippen molar-refractivity contribution in [2.45, 2.75) is 39.2 Å². The second-order valence-electron chi connectivity index (χ2n) is 3.55. The van der Waals surface area contributed by atoms with Gasteiger partial charge in [0, 0.05) is 0 Å². The number of ether oxygens (including phenoxy) is 1. The van der Waals surface area contributed by atoms with Crippen LogP contribution in [0.2, 0.25) is 0 Å². The van der Waals surface area contributed by atoms with Gasteiger partial charge in [0.2, 0.25) is 0 Å². The summed E-state index contributed by atoms with van der Waals surface area (Å²) in [5.41, 5.74) is 0. The van der Waals surface area contributed by atoms with E-state index < -0.39 is 5.97 Å². The monoisotopic (exact) mass is 199 g/mol. The molecule has 0 bridgehead atoms. The summed E-state index contributed by atoms with van der Waals surface area (Å²) in [5.74, 6) is -0.769. The smallest absolute Gasteiger partial charge is 0.331 e. The van der Waals surface area contributed by atoms with Gasteiger partial charge in [0.05, 0.1) is 6.42 Å². The van der Waals surface area contributed by atoms with Crippen LogP contribution in [0.25, 0.3) is 0 Å². The molecule has 1 atom stereocenters. The molecule has 14 heavy (non-hydrogen) atoms. The molecule has 1 unspecified atom stereocenters. The van der Waals surface area contributed by atoms with Gasteiger partial charge in [-0.25, -0.2) is 4.79 Å². The maximum Gasteiger partial charge on any atom is 0.331 e. The van der Waals surface area contributed by atoms with E-state index in [1.807, 2.05) is 4.90 Å². The van der Waals surface area contributed by atoms with Gasteiger partial charge in [-0.05, 0) is 25.9 Å². The summed E-state index contributed by atoms with van der Waals surface area (Å²) in [6.45, 7) is 5.82. The van der Waals surface area contributed by atoms with Gasteiger partial charge in [-0.3, -0.25) is 9.69 Å². The summed E-state index contributed by atoms with van der Waals surface area (Å²) < 4.78 is 4.53. The molecule has 1 aliphatic rings. The molecule has 0 aromatic carbocycles. The average Bonchev–Trinajstić information content (AvgIpc) is 2.45. The molecule has 0 spiro atoms. The second kappa shape index (κ2) is 5.10. The summed E-state index contributed by atoms with van der Waals surface area (Å²) in [6, 6.07) is -0.331. The van der Waals surface area contributed by atoms with E-state index in [1.165, 1.54) is 0 Å². The number of carbonyl (C=O) groups is 2. The minimum absolute atomic E-state index is 0.221. The van der Waals surface area contributed by atoms with Gasteiger partial charge < -0.3 is 4.74 Å². The molecule has 4 heteroatoms. The first kappa shape index (κ1) is 11.2. The summed E-state index contributed by atoms with van der Waals surface area (Å²) in [4.78, 5) is 24.2. The van der Waals surface area contributed by atoms with Crippen LogP contribution < -0.4 is 0 Å². The third kappa shape index (κ3) is 2.54. The fraction of sp³-hybridized carbons (Fsp3) is 0.800. The second-order valence-corrected chi connectivity index (χ2v) is 3.55. The Morgan fingerprint density at radius 2 is 1.86 bits per heavy atom. The van der Waals surface area contributed by atoms with Crippen LogP contribution in [0.4, 0.5) is 0 Å². The van der Waals surface area contributed by atoms with E-state index in [2.05, 4.69) is 18.6 Å². The van der Waals surface area contributed by atoms with E-state index in [0.717, 1.165) is 25.9 Å². The van der Waals surface area contributed by atoms with Crippen LogP contribution in [0.3, 0.4) is 0 Å². The molecule has 1 saturated heterocycles. The number of esters is 2. The number of hydrogen-bond acceptors (Lipinski definition) is 4. The zero-order valence-corrected chi connectivity index (χ0v) is 8.78. The molecule has 1 heterocycles. The number of hydrogen-bond donors (Lipinski definition) is 0. The molecule has 1 fully saturated rings. The van der Waals surface area contributed by atoms with Crippen LogP contribution in [-0.2, 0) is 14.3 Å².